The Kier molecular flexibility index (Phi) is 5.50. The van der Waals surface area contributed by atoms with Gasteiger partial charge >= 0.3 is 5.97 Å². The molecule has 0 spiro atoms. The molecule has 0 fully saturated rings. The number of hydrogen-bond acceptors (Lipinski definition) is 8. The molecule has 0 aliphatic carbocycles. The number of ether oxygens (including phenoxy) is 5. The fourth-order valence-corrected chi connectivity index (χ4v) is 3.25. The van der Waals surface area contributed by atoms with Gasteiger partial charge in [-0.1, -0.05) is 24.3 Å². The number of amides is 1. The standard InChI is InChI=1S/C24H18N2O7/c27-23(22-13-29-18-7-3-4-8-20(18)32-22)26-25-12-16-5-1-2-6-17(16)33-24(28)15-9-10-19-21(11-15)31-14-30-19/h1-12,22H,13-14H2,(H,26,27)/b25-12-/t22-/m1/s1. The van der Waals surface area contributed by atoms with E-state index in [1.54, 1.807) is 60.7 Å². The average Bonchev–Trinajstić information content (AvgIpc) is 3.32. The van der Waals surface area contributed by atoms with E-state index in [1.165, 1.54) is 6.21 Å². The summed E-state index contributed by atoms with van der Waals surface area (Å²) in [5.41, 5.74) is 3.24. The molecule has 9 nitrogen and oxygen atoms in total. The van der Waals surface area contributed by atoms with Crippen LogP contribution in [0.25, 0.3) is 0 Å². The number of nitrogens with zero attached hydrogens (tertiary/aromatic N) is 1. The van der Waals surface area contributed by atoms with Crippen LogP contribution in [-0.4, -0.2) is 37.6 Å². The Morgan fingerprint density at radius 1 is 0.909 bits per heavy atom. The first-order valence-corrected chi connectivity index (χ1v) is 10.1. The molecule has 2 heterocycles. The van der Waals surface area contributed by atoms with E-state index in [0.29, 0.717) is 34.1 Å². The van der Waals surface area contributed by atoms with Crippen LogP contribution in [-0.2, 0) is 4.79 Å². The molecule has 2 aliphatic rings. The third-order valence-electron chi connectivity index (χ3n) is 4.91. The molecule has 0 radical (unpaired) electrons. The smallest absolute Gasteiger partial charge is 0.343 e. The van der Waals surface area contributed by atoms with Crippen LogP contribution in [0.1, 0.15) is 15.9 Å². The molecule has 1 atom stereocenters. The van der Waals surface area contributed by atoms with E-state index in [2.05, 4.69) is 10.5 Å². The summed E-state index contributed by atoms with van der Waals surface area (Å²) in [6.45, 7) is 0.186. The Morgan fingerprint density at radius 2 is 1.67 bits per heavy atom. The summed E-state index contributed by atoms with van der Waals surface area (Å²) in [6, 6.07) is 18.7. The number of nitrogens with one attached hydrogen (secondary N) is 1. The second kappa shape index (κ2) is 8.91. The van der Waals surface area contributed by atoms with Gasteiger partial charge in [0, 0.05) is 5.56 Å². The summed E-state index contributed by atoms with van der Waals surface area (Å²) in [7, 11) is 0. The fraction of sp³-hybridized carbons (Fsp3) is 0.125. The third-order valence-corrected chi connectivity index (χ3v) is 4.91. The largest absolute Gasteiger partial charge is 0.485 e. The van der Waals surface area contributed by atoms with Crippen LogP contribution in [0.2, 0.25) is 0 Å². The van der Waals surface area contributed by atoms with Crippen molar-refractivity contribution in [2.75, 3.05) is 13.4 Å². The van der Waals surface area contributed by atoms with Crippen molar-refractivity contribution >= 4 is 18.1 Å². The highest BCUT2D eigenvalue weighted by molar-refractivity contribution is 5.94. The monoisotopic (exact) mass is 446 g/mol. The van der Waals surface area contributed by atoms with E-state index in [1.807, 2.05) is 6.07 Å². The molecular weight excluding hydrogens is 428 g/mol. The van der Waals surface area contributed by atoms with E-state index in [4.69, 9.17) is 23.7 Å². The van der Waals surface area contributed by atoms with Crippen molar-refractivity contribution in [1.82, 2.24) is 5.43 Å². The van der Waals surface area contributed by atoms with Gasteiger partial charge in [0.25, 0.3) is 5.91 Å². The zero-order valence-electron chi connectivity index (χ0n) is 17.2. The van der Waals surface area contributed by atoms with Crippen molar-refractivity contribution in [2.45, 2.75) is 6.10 Å². The molecule has 33 heavy (non-hydrogen) atoms. The van der Waals surface area contributed by atoms with Crippen molar-refractivity contribution in [2.24, 2.45) is 5.10 Å². The molecule has 3 aromatic rings. The number of para-hydroxylation sites is 3. The molecule has 9 heteroatoms. The second-order valence-electron chi connectivity index (χ2n) is 7.09. The van der Waals surface area contributed by atoms with Crippen LogP contribution in [0.15, 0.2) is 71.8 Å². The fourth-order valence-electron chi connectivity index (χ4n) is 3.25. The quantitative estimate of drug-likeness (QED) is 0.278. The number of rotatable bonds is 5. The summed E-state index contributed by atoms with van der Waals surface area (Å²) < 4.78 is 27.3. The maximum absolute atomic E-state index is 12.6. The van der Waals surface area contributed by atoms with Gasteiger partial charge in [-0.05, 0) is 42.5 Å². The van der Waals surface area contributed by atoms with Crippen LogP contribution >= 0.6 is 0 Å². The predicted octanol–water partition coefficient (Wildman–Crippen LogP) is 2.92. The number of benzene rings is 3. The van der Waals surface area contributed by atoms with Crippen molar-refractivity contribution in [1.29, 1.82) is 0 Å². The minimum atomic E-state index is -0.837. The summed E-state index contributed by atoms with van der Waals surface area (Å²) >= 11 is 0. The average molecular weight is 446 g/mol. The lowest BCUT2D eigenvalue weighted by atomic mass is 10.2. The molecule has 2 aliphatic heterocycles. The first kappa shape index (κ1) is 20.4. The lowest BCUT2D eigenvalue weighted by Crippen LogP contribution is -2.42. The Balaban J connectivity index is 1.23. The summed E-state index contributed by atoms with van der Waals surface area (Å²) in [6.07, 6.45) is 0.550. The summed E-state index contributed by atoms with van der Waals surface area (Å²) in [5, 5.41) is 3.97. The second-order valence-corrected chi connectivity index (χ2v) is 7.09. The first-order chi connectivity index (χ1) is 16.2. The first-order valence-electron chi connectivity index (χ1n) is 10.1. The number of carbonyl (C=O) groups is 2. The van der Waals surface area contributed by atoms with Crippen LogP contribution in [0.5, 0.6) is 28.7 Å². The highest BCUT2D eigenvalue weighted by Crippen LogP contribution is 2.33. The Labute approximate surface area is 188 Å². The molecule has 3 aromatic carbocycles. The van der Waals surface area contributed by atoms with Crippen molar-refractivity contribution in [3.8, 4) is 28.7 Å². The van der Waals surface area contributed by atoms with Gasteiger partial charge in [0.1, 0.15) is 12.4 Å². The Morgan fingerprint density at radius 3 is 2.58 bits per heavy atom. The number of hydrazone groups is 1. The van der Waals surface area contributed by atoms with E-state index < -0.39 is 18.0 Å². The summed E-state index contributed by atoms with van der Waals surface area (Å²) in [5.74, 6) is 1.39. The highest BCUT2D eigenvalue weighted by atomic mass is 16.7. The third kappa shape index (κ3) is 4.42. The molecule has 0 bridgehead atoms. The van der Waals surface area contributed by atoms with Gasteiger partial charge in [0.15, 0.2) is 23.0 Å². The lowest BCUT2D eigenvalue weighted by Gasteiger charge is -2.24. The van der Waals surface area contributed by atoms with Gasteiger partial charge in [-0.2, -0.15) is 5.10 Å². The topological polar surface area (TPSA) is 105 Å². The van der Waals surface area contributed by atoms with Gasteiger partial charge in [0.2, 0.25) is 12.9 Å². The molecule has 0 unspecified atom stereocenters. The normalized spacial score (nSPS) is 15.8. The molecule has 5 rings (SSSR count). The summed E-state index contributed by atoms with van der Waals surface area (Å²) in [4.78, 5) is 25.0. The van der Waals surface area contributed by atoms with Crippen LogP contribution in [0.4, 0.5) is 0 Å². The van der Waals surface area contributed by atoms with Crippen LogP contribution < -0.4 is 29.1 Å². The van der Waals surface area contributed by atoms with Crippen molar-refractivity contribution < 1.29 is 33.3 Å². The SMILES string of the molecule is O=C(Oc1ccccc1/C=N\NC(=O)[C@H]1COc2ccccc2O1)c1ccc2c(c1)OCO2. The Hall–Kier alpha value is -4.53. The van der Waals surface area contributed by atoms with Gasteiger partial charge in [-0.25, -0.2) is 10.2 Å². The molecule has 166 valence electrons. The van der Waals surface area contributed by atoms with Crippen molar-refractivity contribution in [3.05, 3.63) is 77.9 Å². The molecule has 0 aromatic heterocycles. The zero-order valence-corrected chi connectivity index (χ0v) is 17.2. The van der Waals surface area contributed by atoms with Gasteiger partial charge < -0.3 is 23.7 Å². The van der Waals surface area contributed by atoms with E-state index >= 15 is 0 Å². The minimum Gasteiger partial charge on any atom is -0.485 e. The number of esters is 1. The molecule has 1 amide bonds. The lowest BCUT2D eigenvalue weighted by molar-refractivity contribution is -0.130. The molecule has 0 saturated carbocycles. The Bertz CT molecular complexity index is 1240. The number of hydrogen-bond donors (Lipinski definition) is 1. The van der Waals surface area contributed by atoms with Gasteiger partial charge in [-0.3, -0.25) is 4.79 Å². The van der Waals surface area contributed by atoms with E-state index in [-0.39, 0.29) is 19.1 Å². The zero-order chi connectivity index (χ0) is 22.6. The number of fused-ring (bicyclic) bond motifs is 2. The molecular formula is C24H18N2O7. The number of carbonyl (C=O) groups excluding carboxylic acids is 2. The van der Waals surface area contributed by atoms with E-state index in [9.17, 15) is 9.59 Å². The van der Waals surface area contributed by atoms with Gasteiger partial charge in [-0.15, -0.1) is 0 Å². The van der Waals surface area contributed by atoms with Gasteiger partial charge in [0.05, 0.1) is 11.8 Å². The molecule has 1 N–H and O–H groups in total. The van der Waals surface area contributed by atoms with Crippen LogP contribution in [0.3, 0.4) is 0 Å². The van der Waals surface area contributed by atoms with Crippen molar-refractivity contribution in [3.63, 3.8) is 0 Å². The maximum Gasteiger partial charge on any atom is 0.343 e. The molecule has 0 saturated heterocycles. The van der Waals surface area contributed by atoms with E-state index in [0.717, 1.165) is 0 Å². The maximum atomic E-state index is 12.6. The predicted molar refractivity (Wildman–Crippen MR) is 116 cm³/mol. The van der Waals surface area contributed by atoms with Crippen LogP contribution in [0, 0.1) is 0 Å². The minimum absolute atomic E-state index is 0.0715. The highest BCUT2D eigenvalue weighted by Gasteiger charge is 2.27.